The molecule has 32 heavy (non-hydrogen) atoms. The number of aromatic nitrogens is 4. The Morgan fingerprint density at radius 1 is 1.16 bits per heavy atom. The van der Waals surface area contributed by atoms with Crippen LogP contribution in [0.3, 0.4) is 0 Å². The second-order valence-corrected chi connectivity index (χ2v) is 8.62. The summed E-state index contributed by atoms with van der Waals surface area (Å²) < 4.78 is 7.78. The summed E-state index contributed by atoms with van der Waals surface area (Å²) in [7, 11) is 0. The summed E-state index contributed by atoms with van der Waals surface area (Å²) in [6, 6.07) is 14.3. The van der Waals surface area contributed by atoms with E-state index in [1.54, 1.807) is 6.92 Å². The molecule has 1 saturated heterocycles. The summed E-state index contributed by atoms with van der Waals surface area (Å²) in [5, 5.41) is 19.3. The first kappa shape index (κ1) is 20.8. The number of ether oxygens (including phenoxy) is 1. The molecule has 1 aliphatic heterocycles. The normalized spacial score (nSPS) is 18.9. The Labute approximate surface area is 186 Å². The molecular weight excluding hydrogens is 404 g/mol. The van der Waals surface area contributed by atoms with Crippen molar-refractivity contribution in [3.8, 4) is 17.3 Å². The van der Waals surface area contributed by atoms with Crippen LogP contribution in [0.4, 0.5) is 0 Å². The van der Waals surface area contributed by atoms with E-state index in [1.165, 1.54) is 5.56 Å². The number of hydrogen-bond acceptors (Lipinski definition) is 7. The predicted molar refractivity (Wildman–Crippen MR) is 123 cm³/mol. The number of rotatable bonds is 6. The van der Waals surface area contributed by atoms with Gasteiger partial charge in [-0.05, 0) is 44.0 Å². The molecule has 4 aromatic rings. The number of fused-ring (bicyclic) bond motifs is 2. The molecule has 3 atom stereocenters. The first-order chi connectivity index (χ1) is 15.5. The molecule has 8 nitrogen and oxygen atoms in total. The maximum atomic E-state index is 9.60. The molecule has 8 heteroatoms. The number of hydrogen-bond donors (Lipinski definition) is 2. The molecule has 0 bridgehead atoms. The molecule has 1 aliphatic rings. The van der Waals surface area contributed by atoms with Gasteiger partial charge >= 0.3 is 0 Å². The lowest BCUT2D eigenvalue weighted by Gasteiger charge is -2.24. The van der Waals surface area contributed by atoms with Gasteiger partial charge < -0.3 is 15.6 Å². The van der Waals surface area contributed by atoms with E-state index < -0.39 is 6.10 Å². The van der Waals surface area contributed by atoms with Crippen LogP contribution in [0.2, 0.25) is 0 Å². The van der Waals surface area contributed by atoms with E-state index in [4.69, 9.17) is 15.5 Å². The minimum atomic E-state index is -0.556. The number of nitrogens with two attached hydrogens (primary N) is 1. The average Bonchev–Trinajstić information content (AvgIpc) is 3.42. The van der Waals surface area contributed by atoms with Crippen molar-refractivity contribution in [2.75, 3.05) is 19.7 Å². The standard InChI is InChI=1S/C24H28N6O2/c1-15(31)14-32-21-5-3-4-17-6-8-20(26-23(17)21)24-28-27-22-9-7-18(12-30(22)24)16(2)29-11-10-19(25)13-29/h3-9,12,15-16,19,31H,10-11,13-14,25H2,1-2H3/t15-,16+,19+/m1/s1. The molecule has 1 fully saturated rings. The maximum absolute atomic E-state index is 9.60. The highest BCUT2D eigenvalue weighted by Crippen LogP contribution is 2.29. The summed E-state index contributed by atoms with van der Waals surface area (Å²) in [5.41, 5.74) is 9.52. The Hall–Kier alpha value is -3.07. The number of benzene rings is 1. The molecule has 0 amide bonds. The molecule has 3 N–H and O–H groups in total. The van der Waals surface area contributed by atoms with Crippen molar-refractivity contribution in [2.45, 2.75) is 38.5 Å². The fourth-order valence-electron chi connectivity index (χ4n) is 4.28. The third-order valence-corrected chi connectivity index (χ3v) is 6.10. The van der Waals surface area contributed by atoms with Gasteiger partial charge in [-0.15, -0.1) is 10.2 Å². The van der Waals surface area contributed by atoms with Crippen LogP contribution in [0.25, 0.3) is 28.1 Å². The van der Waals surface area contributed by atoms with Crippen LogP contribution in [-0.4, -0.2) is 61.4 Å². The zero-order valence-electron chi connectivity index (χ0n) is 18.3. The Bertz CT molecular complexity index is 1250. The lowest BCUT2D eigenvalue weighted by Crippen LogP contribution is -2.28. The monoisotopic (exact) mass is 432 g/mol. The summed E-state index contributed by atoms with van der Waals surface area (Å²) in [5.74, 6) is 1.32. The number of nitrogens with zero attached hydrogens (tertiary/aromatic N) is 5. The Morgan fingerprint density at radius 2 is 2.03 bits per heavy atom. The fourth-order valence-corrected chi connectivity index (χ4v) is 4.28. The van der Waals surface area contributed by atoms with Crippen molar-refractivity contribution in [1.29, 1.82) is 0 Å². The molecule has 0 unspecified atom stereocenters. The van der Waals surface area contributed by atoms with Crippen LogP contribution < -0.4 is 10.5 Å². The third kappa shape index (κ3) is 3.92. The highest BCUT2D eigenvalue weighted by Gasteiger charge is 2.25. The average molecular weight is 433 g/mol. The molecular formula is C24H28N6O2. The van der Waals surface area contributed by atoms with Crippen LogP contribution in [0, 0.1) is 0 Å². The summed E-state index contributed by atoms with van der Waals surface area (Å²) >= 11 is 0. The SMILES string of the molecule is C[C@@H](O)COc1cccc2ccc(-c3nnc4ccc([C@H](C)N5CC[C@H](N)C5)cn34)nc12. The summed E-state index contributed by atoms with van der Waals surface area (Å²) in [4.78, 5) is 7.26. The van der Waals surface area contributed by atoms with Crippen molar-refractivity contribution in [3.63, 3.8) is 0 Å². The minimum Gasteiger partial charge on any atom is -0.489 e. The Morgan fingerprint density at radius 3 is 2.81 bits per heavy atom. The van der Waals surface area contributed by atoms with E-state index in [9.17, 15) is 5.11 Å². The first-order valence-electron chi connectivity index (χ1n) is 11.0. The molecule has 0 aliphatic carbocycles. The van der Waals surface area contributed by atoms with Gasteiger partial charge in [0.05, 0.1) is 6.10 Å². The molecule has 3 aromatic heterocycles. The van der Waals surface area contributed by atoms with E-state index >= 15 is 0 Å². The Balaban J connectivity index is 1.53. The van der Waals surface area contributed by atoms with Gasteiger partial charge in [0.25, 0.3) is 0 Å². The number of likely N-dealkylation sites (tertiary alicyclic amines) is 1. The fraction of sp³-hybridized carbons (Fsp3) is 0.375. The largest absolute Gasteiger partial charge is 0.489 e. The lowest BCUT2D eigenvalue weighted by atomic mass is 10.1. The van der Waals surface area contributed by atoms with E-state index in [0.29, 0.717) is 17.3 Å². The van der Waals surface area contributed by atoms with E-state index in [1.807, 2.05) is 40.8 Å². The first-order valence-corrected chi connectivity index (χ1v) is 11.0. The molecule has 0 saturated carbocycles. The van der Waals surface area contributed by atoms with Crippen LogP contribution in [-0.2, 0) is 0 Å². The maximum Gasteiger partial charge on any atom is 0.187 e. The van der Waals surface area contributed by atoms with Crippen molar-refractivity contribution in [2.24, 2.45) is 5.73 Å². The number of pyridine rings is 2. The van der Waals surface area contributed by atoms with Crippen molar-refractivity contribution < 1.29 is 9.84 Å². The molecule has 166 valence electrons. The third-order valence-electron chi connectivity index (χ3n) is 6.10. The van der Waals surface area contributed by atoms with Gasteiger partial charge in [0.1, 0.15) is 23.6 Å². The topological polar surface area (TPSA) is 102 Å². The van der Waals surface area contributed by atoms with E-state index in [-0.39, 0.29) is 18.7 Å². The number of para-hydroxylation sites is 1. The molecule has 4 heterocycles. The number of aliphatic hydroxyl groups excluding tert-OH is 1. The van der Waals surface area contributed by atoms with Gasteiger partial charge in [0.2, 0.25) is 0 Å². The smallest absolute Gasteiger partial charge is 0.187 e. The minimum absolute atomic E-state index is 0.209. The highest BCUT2D eigenvalue weighted by atomic mass is 16.5. The zero-order chi connectivity index (χ0) is 22.2. The second-order valence-electron chi connectivity index (χ2n) is 8.62. The van der Waals surface area contributed by atoms with Crippen LogP contribution in [0.15, 0.2) is 48.7 Å². The lowest BCUT2D eigenvalue weighted by molar-refractivity contribution is 0.123. The molecule has 0 radical (unpaired) electrons. The van der Waals surface area contributed by atoms with Crippen molar-refractivity contribution in [1.82, 2.24) is 24.5 Å². The Kier molecular flexibility index (Phi) is 5.50. The zero-order valence-corrected chi connectivity index (χ0v) is 18.3. The van der Waals surface area contributed by atoms with E-state index in [2.05, 4.69) is 34.3 Å². The molecule has 0 spiro atoms. The predicted octanol–water partition coefficient (Wildman–Crippen LogP) is 2.80. The van der Waals surface area contributed by atoms with Crippen LogP contribution >= 0.6 is 0 Å². The van der Waals surface area contributed by atoms with Gasteiger partial charge in [-0.25, -0.2) is 4.98 Å². The van der Waals surface area contributed by atoms with Gasteiger partial charge in [0.15, 0.2) is 11.5 Å². The van der Waals surface area contributed by atoms with Crippen LogP contribution in [0.5, 0.6) is 5.75 Å². The van der Waals surface area contributed by atoms with Gasteiger partial charge in [0, 0.05) is 36.8 Å². The number of aliphatic hydroxyl groups is 1. The van der Waals surface area contributed by atoms with Crippen molar-refractivity contribution >= 4 is 16.6 Å². The summed E-state index contributed by atoms with van der Waals surface area (Å²) in [6.07, 6.45) is 2.57. The van der Waals surface area contributed by atoms with Crippen molar-refractivity contribution in [3.05, 3.63) is 54.2 Å². The quantitative estimate of drug-likeness (QED) is 0.483. The second kappa shape index (κ2) is 8.46. The van der Waals surface area contributed by atoms with E-state index in [0.717, 1.165) is 36.1 Å². The van der Waals surface area contributed by atoms with Gasteiger partial charge in [-0.2, -0.15) is 0 Å². The summed E-state index contributed by atoms with van der Waals surface area (Å²) in [6.45, 7) is 6.04. The van der Waals surface area contributed by atoms with Crippen LogP contribution in [0.1, 0.15) is 31.9 Å². The van der Waals surface area contributed by atoms with Gasteiger partial charge in [-0.1, -0.05) is 24.3 Å². The highest BCUT2D eigenvalue weighted by molar-refractivity contribution is 5.86. The molecule has 5 rings (SSSR count). The van der Waals surface area contributed by atoms with Gasteiger partial charge in [-0.3, -0.25) is 9.30 Å². The molecule has 1 aromatic carbocycles.